The molecular formula is C18H31IN4O. The van der Waals surface area contributed by atoms with Gasteiger partial charge < -0.3 is 19.9 Å². The molecule has 5 nitrogen and oxygen atoms in total. The van der Waals surface area contributed by atoms with Crippen LogP contribution in [0.4, 0.5) is 0 Å². The predicted octanol–water partition coefficient (Wildman–Crippen LogP) is 2.67. The SMILES string of the molecule is CCN(C)CCNC(=NC)N1CCC(Oc2ccccc2)CC1.I. The van der Waals surface area contributed by atoms with Gasteiger partial charge in [-0.25, -0.2) is 0 Å². The Kier molecular flexibility index (Phi) is 10.1. The van der Waals surface area contributed by atoms with E-state index in [-0.39, 0.29) is 24.0 Å². The average molecular weight is 446 g/mol. The molecule has 0 atom stereocenters. The lowest BCUT2D eigenvalue weighted by Crippen LogP contribution is -2.48. The number of benzene rings is 1. The van der Waals surface area contributed by atoms with Gasteiger partial charge in [0.15, 0.2) is 5.96 Å². The Labute approximate surface area is 163 Å². The zero-order chi connectivity index (χ0) is 16.5. The van der Waals surface area contributed by atoms with Gasteiger partial charge in [-0.2, -0.15) is 0 Å². The zero-order valence-corrected chi connectivity index (χ0v) is 17.4. The first-order valence-electron chi connectivity index (χ1n) is 8.58. The lowest BCUT2D eigenvalue weighted by molar-refractivity contribution is 0.129. The number of nitrogens with zero attached hydrogens (tertiary/aromatic N) is 3. The van der Waals surface area contributed by atoms with Gasteiger partial charge in [0.05, 0.1) is 0 Å². The second kappa shape index (κ2) is 11.5. The van der Waals surface area contributed by atoms with Crippen LogP contribution in [-0.2, 0) is 0 Å². The van der Waals surface area contributed by atoms with Crippen LogP contribution in [0.15, 0.2) is 35.3 Å². The maximum Gasteiger partial charge on any atom is 0.193 e. The minimum Gasteiger partial charge on any atom is -0.490 e. The molecule has 2 rings (SSSR count). The van der Waals surface area contributed by atoms with Crippen molar-refractivity contribution in [2.75, 3.05) is 46.8 Å². The second-order valence-electron chi connectivity index (χ2n) is 5.99. The van der Waals surface area contributed by atoms with E-state index in [4.69, 9.17) is 4.74 Å². The van der Waals surface area contributed by atoms with Crippen molar-refractivity contribution in [3.63, 3.8) is 0 Å². The van der Waals surface area contributed by atoms with E-state index in [1.54, 1.807) is 0 Å². The molecular weight excluding hydrogens is 415 g/mol. The van der Waals surface area contributed by atoms with Crippen LogP contribution in [0.3, 0.4) is 0 Å². The van der Waals surface area contributed by atoms with Crippen molar-refractivity contribution in [1.29, 1.82) is 0 Å². The van der Waals surface area contributed by atoms with Crippen molar-refractivity contribution in [3.8, 4) is 5.75 Å². The maximum absolute atomic E-state index is 6.05. The van der Waals surface area contributed by atoms with Gasteiger partial charge in [0.2, 0.25) is 0 Å². The topological polar surface area (TPSA) is 40.1 Å². The number of rotatable bonds is 6. The molecule has 6 heteroatoms. The van der Waals surface area contributed by atoms with Gasteiger partial charge in [0.1, 0.15) is 11.9 Å². The number of para-hydroxylation sites is 1. The molecule has 1 saturated heterocycles. The molecule has 1 aliphatic rings. The fourth-order valence-corrected chi connectivity index (χ4v) is 2.73. The minimum absolute atomic E-state index is 0. The number of likely N-dealkylation sites (tertiary alicyclic amines) is 1. The Morgan fingerprint density at radius 1 is 1.29 bits per heavy atom. The van der Waals surface area contributed by atoms with Gasteiger partial charge in [0.25, 0.3) is 0 Å². The number of guanidine groups is 1. The van der Waals surface area contributed by atoms with Crippen LogP contribution in [0.5, 0.6) is 5.75 Å². The van der Waals surface area contributed by atoms with E-state index >= 15 is 0 Å². The lowest BCUT2D eigenvalue weighted by atomic mass is 10.1. The number of likely N-dealkylation sites (N-methyl/N-ethyl adjacent to an activating group) is 1. The maximum atomic E-state index is 6.05. The average Bonchev–Trinajstić information content (AvgIpc) is 2.60. The van der Waals surface area contributed by atoms with Crippen LogP contribution >= 0.6 is 24.0 Å². The fraction of sp³-hybridized carbons (Fsp3) is 0.611. The van der Waals surface area contributed by atoms with Crippen molar-refractivity contribution in [2.24, 2.45) is 4.99 Å². The highest BCUT2D eigenvalue weighted by Crippen LogP contribution is 2.18. The summed E-state index contributed by atoms with van der Waals surface area (Å²) in [5.74, 6) is 1.98. The number of halogens is 1. The molecule has 1 fully saturated rings. The van der Waals surface area contributed by atoms with E-state index in [0.29, 0.717) is 6.10 Å². The first-order chi connectivity index (χ1) is 11.2. The van der Waals surface area contributed by atoms with Crippen LogP contribution in [0.2, 0.25) is 0 Å². The lowest BCUT2D eigenvalue weighted by Gasteiger charge is -2.34. The van der Waals surface area contributed by atoms with Gasteiger partial charge in [0, 0.05) is 46.1 Å². The van der Waals surface area contributed by atoms with E-state index in [1.165, 1.54) is 0 Å². The van der Waals surface area contributed by atoms with Crippen LogP contribution in [0.25, 0.3) is 0 Å². The van der Waals surface area contributed by atoms with Crippen LogP contribution in [0, 0.1) is 0 Å². The Morgan fingerprint density at radius 3 is 2.54 bits per heavy atom. The molecule has 1 heterocycles. The minimum atomic E-state index is 0. The van der Waals surface area contributed by atoms with E-state index in [1.807, 2.05) is 37.4 Å². The van der Waals surface area contributed by atoms with Crippen molar-refractivity contribution in [2.45, 2.75) is 25.9 Å². The monoisotopic (exact) mass is 446 g/mol. The highest BCUT2D eigenvalue weighted by Gasteiger charge is 2.22. The predicted molar refractivity (Wildman–Crippen MR) is 112 cm³/mol. The molecule has 24 heavy (non-hydrogen) atoms. The highest BCUT2D eigenvalue weighted by atomic mass is 127. The molecule has 0 amide bonds. The van der Waals surface area contributed by atoms with Gasteiger partial charge in [-0.3, -0.25) is 4.99 Å². The number of aliphatic imine (C=N–C) groups is 1. The summed E-state index contributed by atoms with van der Waals surface area (Å²) in [5.41, 5.74) is 0. The third-order valence-corrected chi connectivity index (χ3v) is 4.32. The van der Waals surface area contributed by atoms with Crippen molar-refractivity contribution in [1.82, 2.24) is 15.1 Å². The number of nitrogens with one attached hydrogen (secondary N) is 1. The molecule has 0 radical (unpaired) electrons. The van der Waals surface area contributed by atoms with Crippen LogP contribution in [0.1, 0.15) is 19.8 Å². The Hall–Kier alpha value is -1.02. The third-order valence-electron chi connectivity index (χ3n) is 4.32. The molecule has 0 aliphatic carbocycles. The molecule has 0 aromatic heterocycles. The van der Waals surface area contributed by atoms with Gasteiger partial charge in [-0.15, -0.1) is 24.0 Å². The summed E-state index contributed by atoms with van der Waals surface area (Å²) in [6.07, 6.45) is 2.37. The first kappa shape index (κ1) is 21.0. The molecule has 1 aromatic rings. The van der Waals surface area contributed by atoms with Gasteiger partial charge in [-0.1, -0.05) is 25.1 Å². The summed E-state index contributed by atoms with van der Waals surface area (Å²) in [7, 11) is 4.00. The molecule has 136 valence electrons. The van der Waals surface area contributed by atoms with E-state index in [0.717, 1.165) is 57.3 Å². The van der Waals surface area contributed by atoms with Crippen molar-refractivity contribution in [3.05, 3.63) is 30.3 Å². The van der Waals surface area contributed by atoms with E-state index < -0.39 is 0 Å². The number of piperidine rings is 1. The number of hydrogen-bond donors (Lipinski definition) is 1. The molecule has 1 aromatic carbocycles. The summed E-state index contributed by atoms with van der Waals surface area (Å²) >= 11 is 0. The summed E-state index contributed by atoms with van der Waals surface area (Å²) < 4.78 is 6.05. The molecule has 0 unspecified atom stereocenters. The molecule has 0 spiro atoms. The van der Waals surface area contributed by atoms with Crippen LogP contribution < -0.4 is 10.1 Å². The van der Waals surface area contributed by atoms with E-state index in [9.17, 15) is 0 Å². The standard InChI is InChI=1S/C18H30N4O.HI/c1-4-21(3)15-12-20-18(19-2)22-13-10-17(11-14-22)23-16-8-6-5-7-9-16;/h5-9,17H,4,10-15H2,1-3H3,(H,19,20);1H. The highest BCUT2D eigenvalue weighted by molar-refractivity contribution is 14.0. The summed E-state index contributed by atoms with van der Waals surface area (Å²) in [6.45, 7) is 7.18. The molecule has 1 N–H and O–H groups in total. The van der Waals surface area contributed by atoms with Crippen LogP contribution in [-0.4, -0.2) is 68.7 Å². The van der Waals surface area contributed by atoms with Gasteiger partial charge >= 0.3 is 0 Å². The largest absolute Gasteiger partial charge is 0.490 e. The summed E-state index contributed by atoms with van der Waals surface area (Å²) in [6, 6.07) is 10.1. The third kappa shape index (κ3) is 6.84. The Balaban J connectivity index is 0.00000288. The summed E-state index contributed by atoms with van der Waals surface area (Å²) in [4.78, 5) is 9.04. The van der Waals surface area contributed by atoms with Gasteiger partial charge in [-0.05, 0) is 25.7 Å². The Morgan fingerprint density at radius 2 is 1.96 bits per heavy atom. The van der Waals surface area contributed by atoms with Crippen molar-refractivity contribution < 1.29 is 4.74 Å². The zero-order valence-electron chi connectivity index (χ0n) is 15.1. The smallest absolute Gasteiger partial charge is 0.193 e. The quantitative estimate of drug-likeness (QED) is 0.415. The molecule has 0 bridgehead atoms. The second-order valence-corrected chi connectivity index (χ2v) is 5.99. The summed E-state index contributed by atoms with van der Waals surface area (Å²) in [5, 5.41) is 3.46. The molecule has 0 saturated carbocycles. The molecule has 1 aliphatic heterocycles. The van der Waals surface area contributed by atoms with E-state index in [2.05, 4.69) is 34.1 Å². The number of hydrogen-bond acceptors (Lipinski definition) is 3. The Bertz CT molecular complexity index is 475. The van der Waals surface area contributed by atoms with Crippen molar-refractivity contribution >= 4 is 29.9 Å². The first-order valence-corrected chi connectivity index (χ1v) is 8.58. The number of ether oxygens (including phenoxy) is 1. The normalized spacial score (nSPS) is 16.0. The fourth-order valence-electron chi connectivity index (χ4n) is 2.73.